The third-order valence-electron chi connectivity index (χ3n) is 3.68. The average Bonchev–Trinajstić information content (AvgIpc) is 2.43. The van der Waals surface area contributed by atoms with E-state index in [1.54, 1.807) is 11.0 Å². The zero-order valence-electron chi connectivity index (χ0n) is 11.5. The first-order chi connectivity index (χ1) is 9.95. The van der Waals surface area contributed by atoms with Crippen LogP contribution in [0.3, 0.4) is 0 Å². The van der Waals surface area contributed by atoms with Crippen molar-refractivity contribution >= 4 is 27.8 Å². The van der Waals surface area contributed by atoms with Crippen molar-refractivity contribution in [1.29, 1.82) is 0 Å². The molecular formula is C15H17BrFNO3. The number of piperidine rings is 1. The van der Waals surface area contributed by atoms with Crippen LogP contribution in [0.5, 0.6) is 0 Å². The number of likely N-dealkylation sites (tertiary alicyclic amines) is 1. The number of carbonyl (C=O) groups is 2. The predicted octanol–water partition coefficient (Wildman–Crippen LogP) is 3.31. The Morgan fingerprint density at radius 3 is 2.81 bits per heavy atom. The first-order valence-corrected chi connectivity index (χ1v) is 7.72. The molecule has 1 N–H and O–H groups in total. The predicted molar refractivity (Wildman–Crippen MR) is 79.6 cm³/mol. The number of amides is 1. The highest BCUT2D eigenvalue weighted by Gasteiger charge is 2.25. The second kappa shape index (κ2) is 7.02. The van der Waals surface area contributed by atoms with E-state index in [4.69, 9.17) is 5.11 Å². The minimum absolute atomic E-state index is 0.123. The van der Waals surface area contributed by atoms with Gasteiger partial charge in [-0.15, -0.1) is 0 Å². The standard InChI is InChI=1S/C15H17BrFNO3/c16-12-6-11(7-13(17)8-12)15(21)18-5-1-2-10(9-18)3-4-14(19)20/h6-8,10H,1-5,9H2,(H,19,20)/t10-/m1/s1. The van der Waals surface area contributed by atoms with Gasteiger partial charge >= 0.3 is 5.97 Å². The fraction of sp³-hybridized carbons (Fsp3) is 0.467. The highest BCUT2D eigenvalue weighted by molar-refractivity contribution is 9.10. The summed E-state index contributed by atoms with van der Waals surface area (Å²) >= 11 is 3.18. The molecule has 1 aliphatic heterocycles. The smallest absolute Gasteiger partial charge is 0.303 e. The van der Waals surface area contributed by atoms with Gasteiger partial charge < -0.3 is 10.0 Å². The maximum absolute atomic E-state index is 13.4. The summed E-state index contributed by atoms with van der Waals surface area (Å²) in [5.41, 5.74) is 0.320. The van der Waals surface area contributed by atoms with Gasteiger partial charge in [0.1, 0.15) is 5.82 Å². The van der Waals surface area contributed by atoms with Gasteiger partial charge in [0.15, 0.2) is 0 Å². The van der Waals surface area contributed by atoms with Gasteiger partial charge in [-0.05, 0) is 43.4 Å². The normalized spacial score (nSPS) is 18.6. The van der Waals surface area contributed by atoms with Gasteiger partial charge in [0.05, 0.1) is 0 Å². The van der Waals surface area contributed by atoms with Crippen molar-refractivity contribution in [3.8, 4) is 0 Å². The van der Waals surface area contributed by atoms with E-state index >= 15 is 0 Å². The summed E-state index contributed by atoms with van der Waals surface area (Å²) in [7, 11) is 0. The second-order valence-electron chi connectivity index (χ2n) is 5.35. The van der Waals surface area contributed by atoms with Crippen molar-refractivity contribution in [3.63, 3.8) is 0 Å². The maximum Gasteiger partial charge on any atom is 0.303 e. The number of hydrogen-bond acceptors (Lipinski definition) is 2. The van der Waals surface area contributed by atoms with Gasteiger partial charge in [-0.1, -0.05) is 15.9 Å². The number of halogens is 2. The number of rotatable bonds is 4. The summed E-state index contributed by atoms with van der Waals surface area (Å²) in [6, 6.07) is 4.14. The molecule has 6 heteroatoms. The zero-order chi connectivity index (χ0) is 15.4. The van der Waals surface area contributed by atoms with Crippen molar-refractivity contribution < 1.29 is 19.1 Å². The van der Waals surface area contributed by atoms with Crippen LogP contribution >= 0.6 is 15.9 Å². The Balaban J connectivity index is 2.03. The minimum Gasteiger partial charge on any atom is -0.481 e. The molecule has 21 heavy (non-hydrogen) atoms. The molecule has 0 saturated carbocycles. The quantitative estimate of drug-likeness (QED) is 0.899. The molecule has 1 atom stereocenters. The highest BCUT2D eigenvalue weighted by atomic mass is 79.9. The van der Waals surface area contributed by atoms with Gasteiger partial charge in [0, 0.05) is 29.5 Å². The number of carboxylic acids is 1. The zero-order valence-corrected chi connectivity index (χ0v) is 13.1. The number of carbonyl (C=O) groups excluding carboxylic acids is 1. The summed E-state index contributed by atoms with van der Waals surface area (Å²) in [4.78, 5) is 24.7. The summed E-state index contributed by atoms with van der Waals surface area (Å²) in [6.07, 6.45) is 2.49. The van der Waals surface area contributed by atoms with Crippen LogP contribution in [0.15, 0.2) is 22.7 Å². The third kappa shape index (κ3) is 4.52. The number of carboxylic acid groups (broad SMARTS) is 1. The largest absolute Gasteiger partial charge is 0.481 e. The number of nitrogens with zero attached hydrogens (tertiary/aromatic N) is 1. The average molecular weight is 358 g/mol. The lowest BCUT2D eigenvalue weighted by Crippen LogP contribution is -2.40. The summed E-state index contributed by atoms with van der Waals surface area (Å²) in [6.45, 7) is 1.18. The van der Waals surface area contributed by atoms with E-state index in [2.05, 4.69) is 15.9 Å². The molecule has 0 spiro atoms. The fourth-order valence-corrected chi connectivity index (χ4v) is 3.14. The lowest BCUT2D eigenvalue weighted by Gasteiger charge is -2.32. The van der Waals surface area contributed by atoms with E-state index < -0.39 is 11.8 Å². The molecule has 0 bridgehead atoms. The Kier molecular flexibility index (Phi) is 5.33. The molecule has 1 aromatic carbocycles. The lowest BCUT2D eigenvalue weighted by molar-refractivity contribution is -0.137. The van der Waals surface area contributed by atoms with E-state index in [0.29, 0.717) is 29.5 Å². The van der Waals surface area contributed by atoms with Gasteiger partial charge in [0.2, 0.25) is 0 Å². The number of aliphatic carboxylic acids is 1. The molecule has 1 saturated heterocycles. The van der Waals surface area contributed by atoms with E-state index in [0.717, 1.165) is 12.8 Å². The molecule has 1 aromatic rings. The van der Waals surface area contributed by atoms with Gasteiger partial charge in [-0.3, -0.25) is 9.59 Å². The van der Waals surface area contributed by atoms with Gasteiger partial charge in [-0.25, -0.2) is 4.39 Å². The molecule has 114 valence electrons. The van der Waals surface area contributed by atoms with E-state index in [1.165, 1.54) is 12.1 Å². The van der Waals surface area contributed by atoms with Crippen LogP contribution in [0.1, 0.15) is 36.0 Å². The topological polar surface area (TPSA) is 57.6 Å². The third-order valence-corrected chi connectivity index (χ3v) is 4.14. The Labute approximate surface area is 131 Å². The van der Waals surface area contributed by atoms with Crippen LogP contribution in [0.2, 0.25) is 0 Å². The first kappa shape index (κ1) is 15.9. The molecule has 0 unspecified atom stereocenters. The van der Waals surface area contributed by atoms with E-state index in [9.17, 15) is 14.0 Å². The monoisotopic (exact) mass is 357 g/mol. The van der Waals surface area contributed by atoms with Gasteiger partial charge in [0.25, 0.3) is 5.91 Å². The number of benzene rings is 1. The molecule has 0 aliphatic carbocycles. The second-order valence-corrected chi connectivity index (χ2v) is 6.27. The van der Waals surface area contributed by atoms with Crippen molar-refractivity contribution in [2.24, 2.45) is 5.92 Å². The van der Waals surface area contributed by atoms with Crippen molar-refractivity contribution in [1.82, 2.24) is 4.90 Å². The Hall–Kier alpha value is -1.43. The molecule has 1 fully saturated rings. The fourth-order valence-electron chi connectivity index (χ4n) is 2.67. The Morgan fingerprint density at radius 1 is 1.38 bits per heavy atom. The maximum atomic E-state index is 13.4. The van der Waals surface area contributed by atoms with Crippen molar-refractivity contribution in [2.45, 2.75) is 25.7 Å². The molecule has 0 radical (unpaired) electrons. The summed E-state index contributed by atoms with van der Waals surface area (Å²) < 4.78 is 13.9. The molecule has 2 rings (SSSR count). The van der Waals surface area contributed by atoms with Gasteiger partial charge in [-0.2, -0.15) is 0 Å². The van der Waals surface area contributed by atoms with Crippen LogP contribution in [-0.4, -0.2) is 35.0 Å². The molecule has 0 aromatic heterocycles. The molecular weight excluding hydrogens is 341 g/mol. The highest BCUT2D eigenvalue weighted by Crippen LogP contribution is 2.23. The Morgan fingerprint density at radius 2 is 2.14 bits per heavy atom. The summed E-state index contributed by atoms with van der Waals surface area (Å²) in [5.74, 6) is -1.26. The van der Waals surface area contributed by atoms with Crippen LogP contribution in [0.4, 0.5) is 4.39 Å². The molecule has 1 aliphatic rings. The van der Waals surface area contributed by atoms with Crippen LogP contribution in [-0.2, 0) is 4.79 Å². The lowest BCUT2D eigenvalue weighted by atomic mass is 9.93. The number of hydrogen-bond donors (Lipinski definition) is 1. The van der Waals surface area contributed by atoms with Crippen LogP contribution in [0.25, 0.3) is 0 Å². The van der Waals surface area contributed by atoms with E-state index in [-0.39, 0.29) is 18.2 Å². The Bertz CT molecular complexity index is 529. The SMILES string of the molecule is O=C(O)CC[C@H]1CCCN(C(=O)c2cc(F)cc(Br)c2)C1. The van der Waals surface area contributed by atoms with Crippen molar-refractivity contribution in [3.05, 3.63) is 34.1 Å². The van der Waals surface area contributed by atoms with Crippen molar-refractivity contribution in [2.75, 3.05) is 13.1 Å². The first-order valence-electron chi connectivity index (χ1n) is 6.93. The van der Waals surface area contributed by atoms with Crippen LogP contribution < -0.4 is 0 Å². The van der Waals surface area contributed by atoms with E-state index in [1.807, 2.05) is 0 Å². The van der Waals surface area contributed by atoms with Crippen LogP contribution in [0, 0.1) is 11.7 Å². The summed E-state index contributed by atoms with van der Waals surface area (Å²) in [5, 5.41) is 8.73. The molecule has 1 heterocycles. The minimum atomic E-state index is -0.812. The molecule has 1 amide bonds. The molecule has 4 nitrogen and oxygen atoms in total.